The second-order valence-corrected chi connectivity index (χ2v) is 6.62. The average molecular weight is 263 g/mol. The van der Waals surface area contributed by atoms with E-state index in [0.717, 1.165) is 45.4 Å². The highest BCUT2D eigenvalue weighted by Crippen LogP contribution is 2.08. The van der Waals surface area contributed by atoms with Crippen LogP contribution in [0.25, 0.3) is 0 Å². The predicted octanol–water partition coefficient (Wildman–Crippen LogP) is -0.000400. The number of hydrogen-bond donors (Lipinski definition) is 2. The van der Waals surface area contributed by atoms with Gasteiger partial charge in [-0.05, 0) is 45.9 Å². The van der Waals surface area contributed by atoms with Crippen molar-refractivity contribution < 1.29 is 8.42 Å². The highest BCUT2D eigenvalue weighted by atomic mass is 32.2. The minimum absolute atomic E-state index is 0.110. The minimum atomic E-state index is -3.08. The van der Waals surface area contributed by atoms with Gasteiger partial charge in [0.2, 0.25) is 10.0 Å². The monoisotopic (exact) mass is 263 g/mol. The molecule has 0 radical (unpaired) electrons. The van der Waals surface area contributed by atoms with Crippen LogP contribution in [0.1, 0.15) is 26.2 Å². The van der Waals surface area contributed by atoms with Gasteiger partial charge in [-0.3, -0.25) is 0 Å². The number of sulfonamides is 1. The standard InChI is InChI=1S/C11H25N3O2S/c1-3-12-7-4-5-9-17(15,16)13-11-6-8-14(2)10-11/h11-13H,3-10H2,1-2H3. The maximum absolute atomic E-state index is 11.8. The lowest BCUT2D eigenvalue weighted by atomic mass is 10.3. The fourth-order valence-corrected chi connectivity index (χ4v) is 3.47. The molecule has 5 nitrogen and oxygen atoms in total. The third-order valence-electron chi connectivity index (χ3n) is 3.00. The lowest BCUT2D eigenvalue weighted by Gasteiger charge is -2.13. The van der Waals surface area contributed by atoms with Crippen LogP contribution in [0.3, 0.4) is 0 Å². The molecule has 1 fully saturated rings. The van der Waals surface area contributed by atoms with Crippen molar-refractivity contribution in [3.8, 4) is 0 Å². The molecule has 0 saturated carbocycles. The Bertz CT molecular complexity index is 306. The van der Waals surface area contributed by atoms with E-state index in [1.807, 2.05) is 7.05 Å². The molecule has 1 aliphatic heterocycles. The summed E-state index contributed by atoms with van der Waals surface area (Å²) in [5.41, 5.74) is 0. The van der Waals surface area contributed by atoms with Crippen LogP contribution in [0.5, 0.6) is 0 Å². The molecule has 1 unspecified atom stereocenters. The van der Waals surface area contributed by atoms with Crippen molar-refractivity contribution in [1.82, 2.24) is 14.9 Å². The molecule has 0 aromatic heterocycles. The van der Waals surface area contributed by atoms with E-state index in [1.165, 1.54) is 0 Å². The third-order valence-corrected chi connectivity index (χ3v) is 4.52. The Labute approximate surface area is 105 Å². The molecule has 0 aliphatic carbocycles. The summed E-state index contributed by atoms with van der Waals surface area (Å²) in [6.45, 7) is 5.71. The molecule has 0 spiro atoms. The van der Waals surface area contributed by atoms with E-state index < -0.39 is 10.0 Å². The summed E-state index contributed by atoms with van der Waals surface area (Å²) in [6, 6.07) is 0.110. The number of nitrogens with zero attached hydrogens (tertiary/aromatic N) is 1. The molecule has 1 heterocycles. The Morgan fingerprint density at radius 3 is 2.71 bits per heavy atom. The van der Waals surface area contributed by atoms with Crippen molar-refractivity contribution in [1.29, 1.82) is 0 Å². The van der Waals surface area contributed by atoms with E-state index in [-0.39, 0.29) is 11.8 Å². The lowest BCUT2D eigenvalue weighted by molar-refractivity contribution is 0.407. The van der Waals surface area contributed by atoms with E-state index in [2.05, 4.69) is 21.9 Å². The van der Waals surface area contributed by atoms with Crippen LogP contribution in [0.2, 0.25) is 0 Å². The molecule has 1 rings (SSSR count). The molecule has 1 saturated heterocycles. The van der Waals surface area contributed by atoms with Gasteiger partial charge >= 0.3 is 0 Å². The van der Waals surface area contributed by atoms with Crippen molar-refractivity contribution in [2.45, 2.75) is 32.2 Å². The minimum Gasteiger partial charge on any atom is -0.317 e. The molecule has 0 aromatic rings. The zero-order valence-corrected chi connectivity index (χ0v) is 11.7. The summed E-state index contributed by atoms with van der Waals surface area (Å²) in [5, 5.41) is 3.19. The first kappa shape index (κ1) is 14.9. The fraction of sp³-hybridized carbons (Fsp3) is 1.00. The van der Waals surface area contributed by atoms with Crippen molar-refractivity contribution >= 4 is 10.0 Å². The quantitative estimate of drug-likeness (QED) is 0.605. The molecule has 1 atom stereocenters. The van der Waals surface area contributed by atoms with Crippen LogP contribution in [0, 0.1) is 0 Å². The maximum atomic E-state index is 11.8. The first-order valence-corrected chi connectivity index (χ1v) is 8.08. The highest BCUT2D eigenvalue weighted by molar-refractivity contribution is 7.89. The largest absolute Gasteiger partial charge is 0.317 e. The molecular formula is C11H25N3O2S. The molecular weight excluding hydrogens is 238 g/mol. The van der Waals surface area contributed by atoms with Crippen molar-refractivity contribution in [2.24, 2.45) is 0 Å². The average Bonchev–Trinajstić information content (AvgIpc) is 2.62. The summed E-state index contributed by atoms with van der Waals surface area (Å²) in [7, 11) is -1.06. The summed E-state index contributed by atoms with van der Waals surface area (Å²) in [4.78, 5) is 2.15. The predicted molar refractivity (Wildman–Crippen MR) is 70.6 cm³/mol. The molecule has 0 bridgehead atoms. The zero-order valence-electron chi connectivity index (χ0n) is 10.9. The summed E-state index contributed by atoms with van der Waals surface area (Å²) in [6.07, 6.45) is 2.57. The Kier molecular flexibility index (Phi) is 6.40. The Morgan fingerprint density at radius 1 is 1.35 bits per heavy atom. The second kappa shape index (κ2) is 7.31. The molecule has 6 heteroatoms. The molecule has 0 aromatic carbocycles. The number of likely N-dealkylation sites (N-methyl/N-ethyl adjacent to an activating group) is 1. The lowest BCUT2D eigenvalue weighted by Crippen LogP contribution is -2.38. The number of rotatable bonds is 8. The maximum Gasteiger partial charge on any atom is 0.211 e. The molecule has 17 heavy (non-hydrogen) atoms. The van der Waals surface area contributed by atoms with Crippen LogP contribution in [0.4, 0.5) is 0 Å². The zero-order chi connectivity index (χ0) is 12.7. The van der Waals surface area contributed by atoms with Gasteiger partial charge in [0.25, 0.3) is 0 Å². The molecule has 0 amide bonds. The van der Waals surface area contributed by atoms with E-state index in [4.69, 9.17) is 0 Å². The van der Waals surface area contributed by atoms with Gasteiger partial charge in [-0.15, -0.1) is 0 Å². The van der Waals surface area contributed by atoms with Gasteiger partial charge < -0.3 is 10.2 Å². The van der Waals surface area contributed by atoms with Crippen LogP contribution in [-0.2, 0) is 10.0 Å². The molecule has 2 N–H and O–H groups in total. The number of likely N-dealkylation sites (tertiary alicyclic amines) is 1. The summed E-state index contributed by atoms with van der Waals surface area (Å²) in [5.74, 6) is 0.249. The van der Waals surface area contributed by atoms with Gasteiger partial charge in [0.15, 0.2) is 0 Å². The second-order valence-electron chi connectivity index (χ2n) is 4.75. The number of nitrogens with one attached hydrogen (secondary N) is 2. The van der Waals surface area contributed by atoms with Crippen LogP contribution < -0.4 is 10.0 Å². The Hall–Kier alpha value is -0.170. The van der Waals surface area contributed by atoms with Crippen LogP contribution in [-0.4, -0.2) is 58.3 Å². The van der Waals surface area contributed by atoms with E-state index in [9.17, 15) is 8.42 Å². The van der Waals surface area contributed by atoms with Gasteiger partial charge in [0.05, 0.1) is 5.75 Å². The van der Waals surface area contributed by atoms with Crippen molar-refractivity contribution in [3.05, 3.63) is 0 Å². The number of unbranched alkanes of at least 4 members (excludes halogenated alkanes) is 1. The van der Waals surface area contributed by atoms with Crippen LogP contribution in [0.15, 0.2) is 0 Å². The van der Waals surface area contributed by atoms with E-state index >= 15 is 0 Å². The molecule has 102 valence electrons. The smallest absolute Gasteiger partial charge is 0.211 e. The van der Waals surface area contributed by atoms with Gasteiger partial charge in [-0.2, -0.15) is 0 Å². The van der Waals surface area contributed by atoms with Crippen molar-refractivity contribution in [2.75, 3.05) is 39.0 Å². The summed E-state index contributed by atoms with van der Waals surface area (Å²) >= 11 is 0. The first-order chi connectivity index (χ1) is 8.03. The van der Waals surface area contributed by atoms with Gasteiger partial charge in [-0.25, -0.2) is 13.1 Å². The van der Waals surface area contributed by atoms with Crippen molar-refractivity contribution in [3.63, 3.8) is 0 Å². The highest BCUT2D eigenvalue weighted by Gasteiger charge is 2.23. The summed E-state index contributed by atoms with van der Waals surface area (Å²) < 4.78 is 26.3. The number of hydrogen-bond acceptors (Lipinski definition) is 4. The van der Waals surface area contributed by atoms with Gasteiger partial charge in [0.1, 0.15) is 0 Å². The van der Waals surface area contributed by atoms with Gasteiger partial charge in [-0.1, -0.05) is 6.92 Å². The molecule has 1 aliphatic rings. The normalized spacial score (nSPS) is 22.1. The third kappa shape index (κ3) is 6.35. The SMILES string of the molecule is CCNCCCCS(=O)(=O)NC1CCN(C)C1. The van der Waals surface area contributed by atoms with E-state index in [0.29, 0.717) is 0 Å². The van der Waals surface area contributed by atoms with E-state index in [1.54, 1.807) is 0 Å². The fourth-order valence-electron chi connectivity index (χ4n) is 2.06. The van der Waals surface area contributed by atoms with Gasteiger partial charge in [0, 0.05) is 12.6 Å². The van der Waals surface area contributed by atoms with Crippen LogP contribution >= 0.6 is 0 Å². The Balaban J connectivity index is 2.17. The topological polar surface area (TPSA) is 61.4 Å². The first-order valence-electron chi connectivity index (χ1n) is 6.43. The Morgan fingerprint density at radius 2 is 2.12 bits per heavy atom.